The molecule has 1 amide bonds. The number of amides is 1. The molecule has 7 nitrogen and oxygen atoms in total. The Labute approximate surface area is 197 Å². The molecule has 0 aliphatic rings. The SMILES string of the molecule is CCn1c(SCC(=O)Nc2c(C#N)c(C)c(C)n2-c2ccccc2)nnc1-c1ccccc1. The van der Waals surface area contributed by atoms with E-state index in [0.29, 0.717) is 23.1 Å². The Morgan fingerprint density at radius 1 is 1.06 bits per heavy atom. The zero-order valence-electron chi connectivity index (χ0n) is 18.7. The molecule has 4 aromatic rings. The van der Waals surface area contributed by atoms with Gasteiger partial charge in [0.05, 0.1) is 11.3 Å². The van der Waals surface area contributed by atoms with Crippen molar-refractivity contribution < 1.29 is 4.79 Å². The number of nitrogens with one attached hydrogen (secondary N) is 1. The fraction of sp³-hybridized carbons (Fsp3) is 0.200. The zero-order chi connectivity index (χ0) is 23.4. The summed E-state index contributed by atoms with van der Waals surface area (Å²) in [6.07, 6.45) is 0. The molecule has 0 spiro atoms. The Morgan fingerprint density at radius 3 is 2.36 bits per heavy atom. The second-order valence-electron chi connectivity index (χ2n) is 7.47. The molecule has 8 heteroatoms. The number of nitriles is 1. The number of rotatable bonds is 7. The summed E-state index contributed by atoms with van der Waals surface area (Å²) in [5.41, 5.74) is 4.11. The second-order valence-corrected chi connectivity index (χ2v) is 8.41. The van der Waals surface area contributed by atoms with E-state index in [4.69, 9.17) is 0 Å². The van der Waals surface area contributed by atoms with Crippen LogP contribution in [0.4, 0.5) is 5.82 Å². The van der Waals surface area contributed by atoms with Crippen LogP contribution in [0.25, 0.3) is 17.1 Å². The van der Waals surface area contributed by atoms with Crippen molar-refractivity contribution in [3.63, 3.8) is 0 Å². The van der Waals surface area contributed by atoms with E-state index in [9.17, 15) is 10.1 Å². The first-order chi connectivity index (χ1) is 16.0. The van der Waals surface area contributed by atoms with Crippen molar-refractivity contribution in [2.45, 2.75) is 32.5 Å². The Bertz CT molecular complexity index is 1320. The Hall–Kier alpha value is -3.83. The summed E-state index contributed by atoms with van der Waals surface area (Å²) in [6.45, 7) is 6.56. The minimum Gasteiger partial charge on any atom is -0.310 e. The molecule has 33 heavy (non-hydrogen) atoms. The maximum absolute atomic E-state index is 12.9. The van der Waals surface area contributed by atoms with E-state index < -0.39 is 0 Å². The summed E-state index contributed by atoms with van der Waals surface area (Å²) >= 11 is 1.33. The highest BCUT2D eigenvalue weighted by Crippen LogP contribution is 2.30. The number of anilines is 1. The van der Waals surface area contributed by atoms with Gasteiger partial charge >= 0.3 is 0 Å². The van der Waals surface area contributed by atoms with Crippen LogP contribution in [-0.4, -0.2) is 31.0 Å². The number of thioether (sulfide) groups is 1. The lowest BCUT2D eigenvalue weighted by Crippen LogP contribution is -2.18. The molecule has 1 N–H and O–H groups in total. The molecule has 0 aliphatic carbocycles. The molecule has 2 aromatic heterocycles. The number of carbonyl (C=O) groups is 1. The smallest absolute Gasteiger partial charge is 0.236 e. The van der Waals surface area contributed by atoms with Gasteiger partial charge in [0.2, 0.25) is 5.91 Å². The number of hydrogen-bond acceptors (Lipinski definition) is 5. The van der Waals surface area contributed by atoms with Crippen molar-refractivity contribution in [2.75, 3.05) is 11.1 Å². The maximum atomic E-state index is 12.9. The fourth-order valence-corrected chi connectivity index (χ4v) is 4.54. The predicted molar refractivity (Wildman–Crippen MR) is 130 cm³/mol. The van der Waals surface area contributed by atoms with Crippen LogP contribution >= 0.6 is 11.8 Å². The highest BCUT2D eigenvalue weighted by Gasteiger charge is 2.21. The van der Waals surface area contributed by atoms with Gasteiger partial charge in [0, 0.05) is 23.5 Å². The zero-order valence-corrected chi connectivity index (χ0v) is 19.6. The molecule has 0 fully saturated rings. The van der Waals surface area contributed by atoms with Gasteiger partial charge in [0.25, 0.3) is 0 Å². The average molecular weight is 457 g/mol. The molecular formula is C25H24N6OS. The molecule has 0 radical (unpaired) electrons. The Kier molecular flexibility index (Phi) is 6.61. The topological polar surface area (TPSA) is 88.5 Å². The average Bonchev–Trinajstić information content (AvgIpc) is 3.36. The van der Waals surface area contributed by atoms with Crippen LogP contribution < -0.4 is 5.32 Å². The van der Waals surface area contributed by atoms with Gasteiger partial charge < -0.3 is 9.88 Å². The summed E-state index contributed by atoms with van der Waals surface area (Å²) < 4.78 is 3.91. The summed E-state index contributed by atoms with van der Waals surface area (Å²) in [4.78, 5) is 12.9. The van der Waals surface area contributed by atoms with Crippen molar-refractivity contribution in [1.82, 2.24) is 19.3 Å². The van der Waals surface area contributed by atoms with E-state index in [1.165, 1.54) is 11.8 Å². The molecule has 0 atom stereocenters. The van der Waals surface area contributed by atoms with Gasteiger partial charge in [-0.25, -0.2) is 0 Å². The Balaban J connectivity index is 1.56. The van der Waals surface area contributed by atoms with Gasteiger partial charge in [-0.2, -0.15) is 5.26 Å². The van der Waals surface area contributed by atoms with Crippen LogP contribution in [0.5, 0.6) is 0 Å². The summed E-state index contributed by atoms with van der Waals surface area (Å²) in [5.74, 6) is 1.21. The lowest BCUT2D eigenvalue weighted by molar-refractivity contribution is -0.113. The molecule has 2 aromatic carbocycles. The van der Waals surface area contributed by atoms with Gasteiger partial charge in [0.1, 0.15) is 11.9 Å². The Morgan fingerprint density at radius 2 is 1.73 bits per heavy atom. The summed E-state index contributed by atoms with van der Waals surface area (Å²) in [5, 5.41) is 22.0. The highest BCUT2D eigenvalue weighted by atomic mass is 32.2. The quantitative estimate of drug-likeness (QED) is 0.397. The van der Waals surface area contributed by atoms with E-state index in [-0.39, 0.29) is 11.7 Å². The number of nitrogens with zero attached hydrogens (tertiary/aromatic N) is 5. The third-order valence-electron chi connectivity index (χ3n) is 5.49. The van der Waals surface area contributed by atoms with Crippen LogP contribution in [0.3, 0.4) is 0 Å². The first kappa shape index (κ1) is 22.4. The van der Waals surface area contributed by atoms with Crippen LogP contribution in [0, 0.1) is 25.2 Å². The third-order valence-corrected chi connectivity index (χ3v) is 6.46. The molecule has 4 rings (SSSR count). The lowest BCUT2D eigenvalue weighted by Gasteiger charge is -2.13. The predicted octanol–water partition coefficient (Wildman–Crippen LogP) is 4.98. The first-order valence-electron chi connectivity index (χ1n) is 10.6. The van der Waals surface area contributed by atoms with Crippen molar-refractivity contribution >= 4 is 23.5 Å². The summed E-state index contributed by atoms with van der Waals surface area (Å²) in [6, 6.07) is 21.8. The van der Waals surface area contributed by atoms with E-state index in [1.807, 2.05) is 90.6 Å². The van der Waals surface area contributed by atoms with Crippen molar-refractivity contribution in [3.05, 3.63) is 77.5 Å². The minimum absolute atomic E-state index is 0.149. The number of hydrogen-bond donors (Lipinski definition) is 1. The third kappa shape index (κ3) is 4.41. The maximum Gasteiger partial charge on any atom is 0.236 e. The van der Waals surface area contributed by atoms with E-state index >= 15 is 0 Å². The van der Waals surface area contributed by atoms with Gasteiger partial charge in [-0.3, -0.25) is 9.36 Å². The van der Waals surface area contributed by atoms with Crippen LogP contribution in [0.15, 0.2) is 65.8 Å². The van der Waals surface area contributed by atoms with E-state index in [1.54, 1.807) is 0 Å². The summed E-state index contributed by atoms with van der Waals surface area (Å²) in [7, 11) is 0. The molecular weight excluding hydrogens is 432 g/mol. The standard InChI is InChI=1S/C25H24N6OS/c1-4-30-23(19-11-7-5-8-12-19)28-29-25(30)33-16-22(32)27-24-21(15-26)17(2)18(3)31(24)20-13-9-6-10-14-20/h5-14H,4,16H2,1-3H3,(H,27,32). The van der Waals surface area contributed by atoms with Crippen molar-refractivity contribution in [3.8, 4) is 23.1 Å². The number of aromatic nitrogens is 4. The van der Waals surface area contributed by atoms with Gasteiger partial charge in [-0.15, -0.1) is 10.2 Å². The minimum atomic E-state index is -0.210. The molecule has 0 bridgehead atoms. The molecule has 0 aliphatic heterocycles. The normalized spacial score (nSPS) is 10.7. The van der Waals surface area contributed by atoms with Crippen LogP contribution in [0.1, 0.15) is 23.7 Å². The first-order valence-corrected chi connectivity index (χ1v) is 11.6. The monoisotopic (exact) mass is 456 g/mol. The fourth-order valence-electron chi connectivity index (χ4n) is 3.74. The second kappa shape index (κ2) is 9.76. The van der Waals surface area contributed by atoms with Crippen molar-refractivity contribution in [1.29, 1.82) is 5.26 Å². The molecule has 0 saturated carbocycles. The van der Waals surface area contributed by atoms with Gasteiger partial charge in [-0.05, 0) is 38.5 Å². The molecule has 0 unspecified atom stereocenters. The number of carbonyl (C=O) groups excluding carboxylic acids is 1. The van der Waals surface area contributed by atoms with E-state index in [0.717, 1.165) is 28.3 Å². The van der Waals surface area contributed by atoms with Gasteiger partial charge in [0.15, 0.2) is 11.0 Å². The van der Waals surface area contributed by atoms with Crippen LogP contribution in [0.2, 0.25) is 0 Å². The van der Waals surface area contributed by atoms with Gasteiger partial charge in [-0.1, -0.05) is 60.3 Å². The number of para-hydroxylation sites is 1. The molecule has 2 heterocycles. The molecule has 166 valence electrons. The highest BCUT2D eigenvalue weighted by molar-refractivity contribution is 7.99. The van der Waals surface area contributed by atoms with E-state index in [2.05, 4.69) is 21.6 Å². The molecule has 0 saturated heterocycles. The van der Waals surface area contributed by atoms with Crippen molar-refractivity contribution in [2.24, 2.45) is 0 Å². The largest absolute Gasteiger partial charge is 0.310 e. The lowest BCUT2D eigenvalue weighted by atomic mass is 10.2. The number of benzene rings is 2. The van der Waals surface area contributed by atoms with Crippen LogP contribution in [-0.2, 0) is 11.3 Å².